The minimum atomic E-state index is -4.45. The largest absolute Gasteiger partial charge is 0.405 e. The molecule has 1 rings (SSSR count). The second-order valence-corrected chi connectivity index (χ2v) is 4.11. The Morgan fingerprint density at radius 3 is 2.55 bits per heavy atom. The van der Waals surface area contributed by atoms with Gasteiger partial charge in [-0.3, -0.25) is 16.0 Å². The van der Waals surface area contributed by atoms with Crippen molar-refractivity contribution in [2.45, 2.75) is 19.5 Å². The monoisotopic (exact) mass is 292 g/mol. The van der Waals surface area contributed by atoms with Gasteiger partial charge >= 0.3 is 11.9 Å². The molecule has 0 aliphatic carbocycles. The Labute approximate surface area is 113 Å². The smallest absolute Gasteiger partial charge is 0.357 e. The van der Waals surface area contributed by atoms with E-state index in [1.165, 1.54) is 18.2 Å². The van der Waals surface area contributed by atoms with E-state index in [9.17, 15) is 23.3 Å². The van der Waals surface area contributed by atoms with Crippen molar-refractivity contribution in [3.05, 3.63) is 28.3 Å². The average Bonchev–Trinajstić information content (AvgIpc) is 2.35. The van der Waals surface area contributed by atoms with Crippen molar-refractivity contribution >= 4 is 17.1 Å². The van der Waals surface area contributed by atoms with Crippen LogP contribution in [-0.4, -0.2) is 24.2 Å². The highest BCUT2D eigenvalue weighted by Gasteiger charge is 2.33. The maximum absolute atomic E-state index is 12.6. The van der Waals surface area contributed by atoms with Gasteiger partial charge in [0.2, 0.25) is 0 Å². The van der Waals surface area contributed by atoms with Crippen molar-refractivity contribution in [1.82, 2.24) is 0 Å². The van der Waals surface area contributed by atoms with Gasteiger partial charge in [-0.1, -0.05) is 13.0 Å². The first-order chi connectivity index (χ1) is 9.30. The van der Waals surface area contributed by atoms with E-state index in [4.69, 9.17) is 5.84 Å². The van der Waals surface area contributed by atoms with Crippen molar-refractivity contribution < 1.29 is 18.1 Å². The Bertz CT molecular complexity index is 479. The number of para-hydroxylation sites is 1. The number of halogens is 3. The zero-order valence-corrected chi connectivity index (χ0v) is 10.8. The second kappa shape index (κ2) is 6.42. The number of alkyl halides is 3. The van der Waals surface area contributed by atoms with Crippen LogP contribution < -0.4 is 16.2 Å². The average molecular weight is 292 g/mol. The van der Waals surface area contributed by atoms with Crippen LogP contribution >= 0.6 is 0 Å². The molecule has 1 aromatic carbocycles. The fourth-order valence-electron chi connectivity index (χ4n) is 1.87. The van der Waals surface area contributed by atoms with Gasteiger partial charge in [-0.25, -0.2) is 0 Å². The van der Waals surface area contributed by atoms with Gasteiger partial charge in [0.1, 0.15) is 17.9 Å². The van der Waals surface area contributed by atoms with Crippen LogP contribution in [0.15, 0.2) is 18.2 Å². The fourth-order valence-corrected chi connectivity index (χ4v) is 1.87. The molecule has 0 fully saturated rings. The molecule has 0 aromatic heterocycles. The molecular formula is C11H15F3N4O2. The quantitative estimate of drug-likeness (QED) is 0.478. The topological polar surface area (TPSA) is 84.4 Å². The lowest BCUT2D eigenvalue weighted by Crippen LogP contribution is -2.35. The van der Waals surface area contributed by atoms with E-state index in [2.05, 4.69) is 5.43 Å². The van der Waals surface area contributed by atoms with Gasteiger partial charge in [-0.05, 0) is 18.6 Å². The van der Waals surface area contributed by atoms with Crippen molar-refractivity contribution in [2.75, 3.05) is 23.4 Å². The number of rotatable bonds is 6. The Morgan fingerprint density at radius 1 is 1.45 bits per heavy atom. The SMILES string of the molecule is CCCN(CC(F)(F)F)c1cccc(NN)c1[N+](=O)[O-]. The van der Waals surface area contributed by atoms with Gasteiger partial charge in [-0.2, -0.15) is 13.2 Å². The lowest BCUT2D eigenvalue weighted by molar-refractivity contribution is -0.383. The van der Waals surface area contributed by atoms with E-state index in [1.807, 2.05) is 0 Å². The van der Waals surface area contributed by atoms with Crippen LogP contribution in [0.5, 0.6) is 0 Å². The predicted molar refractivity (Wildman–Crippen MR) is 69.5 cm³/mol. The molecule has 0 saturated heterocycles. The molecule has 0 heterocycles. The zero-order valence-electron chi connectivity index (χ0n) is 10.8. The van der Waals surface area contributed by atoms with Crippen LogP contribution in [0.4, 0.5) is 30.2 Å². The number of nitro groups is 1. The predicted octanol–water partition coefficient (Wildman–Crippen LogP) is 2.66. The summed E-state index contributed by atoms with van der Waals surface area (Å²) in [4.78, 5) is 11.3. The van der Waals surface area contributed by atoms with Gasteiger partial charge in [-0.15, -0.1) is 0 Å². The summed E-state index contributed by atoms with van der Waals surface area (Å²) in [5.41, 5.74) is 1.52. The molecule has 0 aliphatic heterocycles. The third kappa shape index (κ3) is 3.98. The molecule has 0 aliphatic rings. The highest BCUT2D eigenvalue weighted by molar-refractivity contribution is 5.76. The van der Waals surface area contributed by atoms with Gasteiger partial charge in [0.15, 0.2) is 0 Å². The first-order valence-electron chi connectivity index (χ1n) is 5.86. The number of hydrazine groups is 1. The molecule has 0 atom stereocenters. The molecule has 0 amide bonds. The summed E-state index contributed by atoms with van der Waals surface area (Å²) in [6, 6.07) is 4.02. The summed E-state index contributed by atoms with van der Waals surface area (Å²) in [6.07, 6.45) is -4.03. The van der Waals surface area contributed by atoms with Crippen LogP contribution in [0, 0.1) is 10.1 Å². The number of hydrogen-bond donors (Lipinski definition) is 2. The molecule has 0 spiro atoms. The first kappa shape index (κ1) is 16.0. The Kier molecular flexibility index (Phi) is 5.14. The standard InChI is InChI=1S/C11H15F3N4O2/c1-2-6-17(7-11(12,13)14)9-5-3-4-8(16-15)10(9)18(19)20/h3-5,16H,2,6-7,15H2,1H3. The second-order valence-electron chi connectivity index (χ2n) is 4.11. The van der Waals surface area contributed by atoms with E-state index in [0.717, 1.165) is 4.90 Å². The first-order valence-corrected chi connectivity index (χ1v) is 5.86. The molecule has 20 heavy (non-hydrogen) atoms. The molecule has 1 aromatic rings. The number of nitrogens with one attached hydrogen (secondary N) is 1. The van der Waals surface area contributed by atoms with E-state index in [0.29, 0.717) is 6.42 Å². The number of nitrogen functional groups attached to an aromatic ring is 1. The van der Waals surface area contributed by atoms with Gasteiger partial charge < -0.3 is 10.3 Å². The molecule has 3 N–H and O–H groups in total. The van der Waals surface area contributed by atoms with Crippen molar-refractivity contribution in [2.24, 2.45) is 5.84 Å². The number of nitrogens with zero attached hydrogens (tertiary/aromatic N) is 2. The van der Waals surface area contributed by atoms with Gasteiger partial charge in [0.05, 0.1) is 4.92 Å². The highest BCUT2D eigenvalue weighted by Crippen LogP contribution is 2.36. The van der Waals surface area contributed by atoms with Crippen molar-refractivity contribution in [3.63, 3.8) is 0 Å². The van der Waals surface area contributed by atoms with Crippen LogP contribution in [-0.2, 0) is 0 Å². The maximum Gasteiger partial charge on any atom is 0.405 e. The molecule has 0 bridgehead atoms. The van der Waals surface area contributed by atoms with Crippen molar-refractivity contribution in [3.8, 4) is 0 Å². The van der Waals surface area contributed by atoms with Crippen LogP contribution in [0.1, 0.15) is 13.3 Å². The molecule has 9 heteroatoms. The minimum Gasteiger partial charge on any atom is -0.357 e. The summed E-state index contributed by atoms with van der Waals surface area (Å²) in [5, 5.41) is 11.1. The van der Waals surface area contributed by atoms with Crippen LogP contribution in [0.25, 0.3) is 0 Å². The zero-order chi connectivity index (χ0) is 15.3. The third-order valence-electron chi connectivity index (χ3n) is 2.56. The Hall–Kier alpha value is -2.03. The normalized spacial score (nSPS) is 11.2. The minimum absolute atomic E-state index is 0.0317. The van der Waals surface area contributed by atoms with Crippen molar-refractivity contribution in [1.29, 1.82) is 0 Å². The van der Waals surface area contributed by atoms with Crippen LogP contribution in [0.3, 0.4) is 0 Å². The third-order valence-corrected chi connectivity index (χ3v) is 2.56. The molecule has 0 unspecified atom stereocenters. The summed E-state index contributed by atoms with van der Waals surface area (Å²) >= 11 is 0. The van der Waals surface area contributed by atoms with E-state index in [1.54, 1.807) is 6.92 Å². The number of nitro benzene ring substituents is 1. The number of hydrogen-bond acceptors (Lipinski definition) is 5. The summed E-state index contributed by atoms with van der Waals surface area (Å²) in [5.74, 6) is 5.16. The van der Waals surface area contributed by atoms with E-state index >= 15 is 0 Å². The number of nitrogens with two attached hydrogens (primary N) is 1. The van der Waals surface area contributed by atoms with Gasteiger partial charge in [0, 0.05) is 6.54 Å². The lowest BCUT2D eigenvalue weighted by Gasteiger charge is -2.25. The molecule has 0 radical (unpaired) electrons. The van der Waals surface area contributed by atoms with Gasteiger partial charge in [0.25, 0.3) is 0 Å². The molecule has 6 nitrogen and oxygen atoms in total. The van der Waals surface area contributed by atoms with E-state index in [-0.39, 0.29) is 17.9 Å². The molecular weight excluding hydrogens is 277 g/mol. The fraction of sp³-hybridized carbons (Fsp3) is 0.455. The van der Waals surface area contributed by atoms with E-state index < -0.39 is 23.3 Å². The number of benzene rings is 1. The highest BCUT2D eigenvalue weighted by atomic mass is 19.4. The molecule has 0 saturated carbocycles. The maximum atomic E-state index is 12.6. The lowest BCUT2D eigenvalue weighted by atomic mass is 10.2. The molecule has 112 valence electrons. The Morgan fingerprint density at radius 2 is 2.10 bits per heavy atom. The summed E-state index contributed by atoms with van der Waals surface area (Å²) < 4.78 is 37.7. The summed E-state index contributed by atoms with van der Waals surface area (Å²) in [6.45, 7) is 0.490. The van der Waals surface area contributed by atoms with Crippen LogP contribution in [0.2, 0.25) is 0 Å². The number of anilines is 2. The summed E-state index contributed by atoms with van der Waals surface area (Å²) in [7, 11) is 0. The Balaban J connectivity index is 3.28.